The van der Waals surface area contributed by atoms with Crippen LogP contribution in [0.4, 0.5) is 23.2 Å². The van der Waals surface area contributed by atoms with Crippen LogP contribution in [-0.4, -0.2) is 60.2 Å². The van der Waals surface area contributed by atoms with Gasteiger partial charge in [0.15, 0.2) is 0 Å². The molecule has 2 aromatic carbocycles. The number of amides is 3. The molecule has 2 aromatic rings. The highest BCUT2D eigenvalue weighted by molar-refractivity contribution is 6.32. The zero-order valence-corrected chi connectivity index (χ0v) is 21.2. The summed E-state index contributed by atoms with van der Waals surface area (Å²) in [6.45, 7) is 4.34. The van der Waals surface area contributed by atoms with Crippen LogP contribution in [0.3, 0.4) is 0 Å². The number of rotatable bonds is 7. The number of alkyl halides is 3. The third kappa shape index (κ3) is 5.86. The van der Waals surface area contributed by atoms with E-state index >= 15 is 0 Å². The fourth-order valence-electron chi connectivity index (χ4n) is 4.83. The summed E-state index contributed by atoms with van der Waals surface area (Å²) in [5, 5.41) is 9.00. The molecule has 2 aliphatic rings. The van der Waals surface area contributed by atoms with Gasteiger partial charge in [0.25, 0.3) is 17.7 Å². The van der Waals surface area contributed by atoms with Crippen molar-refractivity contribution in [2.75, 3.05) is 37.6 Å². The second kappa shape index (κ2) is 11.4. The van der Waals surface area contributed by atoms with Crippen molar-refractivity contribution in [2.24, 2.45) is 0 Å². The SMILES string of the molecule is CC1=C(CCCCN2CCN(C(=O)c3ccccc3F)CC2)C(=O)N(c2ccc(C#N)c(C(F)(F)F)c2)C1=O. The summed E-state index contributed by atoms with van der Waals surface area (Å²) in [6.07, 6.45) is -3.24. The topological polar surface area (TPSA) is 84.7 Å². The number of carbonyl (C=O) groups is 3. The Labute approximate surface area is 222 Å². The van der Waals surface area contributed by atoms with Gasteiger partial charge in [-0.3, -0.25) is 19.3 Å². The van der Waals surface area contributed by atoms with Gasteiger partial charge < -0.3 is 4.90 Å². The maximum atomic E-state index is 13.9. The molecule has 2 heterocycles. The van der Waals surface area contributed by atoms with Gasteiger partial charge in [-0.05, 0) is 63.1 Å². The molecule has 2 aliphatic heterocycles. The van der Waals surface area contributed by atoms with Gasteiger partial charge in [0.1, 0.15) is 5.82 Å². The summed E-state index contributed by atoms with van der Waals surface area (Å²) in [5.41, 5.74) is -1.52. The average Bonchev–Trinajstić information content (AvgIpc) is 3.13. The number of halogens is 4. The van der Waals surface area contributed by atoms with Gasteiger partial charge in [0.05, 0.1) is 28.4 Å². The molecule has 11 heteroatoms. The van der Waals surface area contributed by atoms with Crippen molar-refractivity contribution >= 4 is 23.4 Å². The quantitative estimate of drug-likeness (QED) is 0.292. The van der Waals surface area contributed by atoms with Crippen LogP contribution in [0.1, 0.15) is 47.7 Å². The van der Waals surface area contributed by atoms with E-state index in [9.17, 15) is 31.9 Å². The molecule has 39 heavy (non-hydrogen) atoms. The number of imide groups is 1. The van der Waals surface area contributed by atoms with E-state index in [4.69, 9.17) is 5.26 Å². The van der Waals surface area contributed by atoms with Crippen LogP contribution in [0, 0.1) is 17.1 Å². The Balaban J connectivity index is 1.29. The molecule has 0 N–H and O–H groups in total. The van der Waals surface area contributed by atoms with Gasteiger partial charge in [-0.15, -0.1) is 0 Å². The highest BCUT2D eigenvalue weighted by atomic mass is 19.4. The van der Waals surface area contributed by atoms with E-state index in [0.717, 1.165) is 17.0 Å². The van der Waals surface area contributed by atoms with Gasteiger partial charge in [-0.2, -0.15) is 18.4 Å². The lowest BCUT2D eigenvalue weighted by atomic mass is 10.0. The number of hydrogen-bond donors (Lipinski definition) is 0. The lowest BCUT2D eigenvalue weighted by molar-refractivity contribution is -0.138. The van der Waals surface area contributed by atoms with Gasteiger partial charge in [0, 0.05) is 37.3 Å². The third-order valence-electron chi connectivity index (χ3n) is 7.04. The molecule has 7 nitrogen and oxygen atoms in total. The predicted molar refractivity (Wildman–Crippen MR) is 134 cm³/mol. The molecule has 0 atom stereocenters. The molecule has 0 spiro atoms. The van der Waals surface area contributed by atoms with E-state index in [1.54, 1.807) is 11.0 Å². The third-order valence-corrected chi connectivity index (χ3v) is 7.04. The molecule has 0 radical (unpaired) electrons. The highest BCUT2D eigenvalue weighted by Crippen LogP contribution is 2.37. The normalized spacial score (nSPS) is 16.7. The summed E-state index contributed by atoms with van der Waals surface area (Å²) in [7, 11) is 0. The minimum absolute atomic E-state index is 0.0510. The minimum Gasteiger partial charge on any atom is -0.336 e. The summed E-state index contributed by atoms with van der Waals surface area (Å²) < 4.78 is 54.1. The molecule has 204 valence electrons. The number of benzene rings is 2. The summed E-state index contributed by atoms with van der Waals surface area (Å²) in [6, 6.07) is 10.1. The Kier molecular flexibility index (Phi) is 8.16. The first kappa shape index (κ1) is 28.0. The fraction of sp³-hybridized carbons (Fsp3) is 0.357. The number of carbonyl (C=O) groups excluding carboxylic acids is 3. The summed E-state index contributed by atoms with van der Waals surface area (Å²) >= 11 is 0. The Morgan fingerprint density at radius 2 is 1.69 bits per heavy atom. The van der Waals surface area contributed by atoms with E-state index in [0.29, 0.717) is 58.1 Å². The number of piperazine rings is 1. The monoisotopic (exact) mass is 542 g/mol. The van der Waals surface area contributed by atoms with Crippen LogP contribution in [0.15, 0.2) is 53.6 Å². The molecule has 4 rings (SSSR count). The molecule has 1 saturated heterocycles. The van der Waals surface area contributed by atoms with Crippen molar-refractivity contribution in [2.45, 2.75) is 32.4 Å². The Bertz CT molecular complexity index is 1370. The van der Waals surface area contributed by atoms with Gasteiger partial charge in [-0.25, -0.2) is 9.29 Å². The van der Waals surface area contributed by atoms with Crippen LogP contribution >= 0.6 is 0 Å². The number of nitriles is 1. The molecule has 3 amide bonds. The molecule has 0 unspecified atom stereocenters. The van der Waals surface area contributed by atoms with Gasteiger partial charge in [0.2, 0.25) is 0 Å². The number of hydrogen-bond acceptors (Lipinski definition) is 5. The lowest BCUT2D eigenvalue weighted by Gasteiger charge is -2.34. The maximum absolute atomic E-state index is 13.9. The van der Waals surface area contributed by atoms with Crippen molar-refractivity contribution in [3.05, 3.63) is 76.1 Å². The molecule has 0 aliphatic carbocycles. The van der Waals surface area contributed by atoms with E-state index in [-0.39, 0.29) is 28.3 Å². The van der Waals surface area contributed by atoms with Crippen LogP contribution in [-0.2, 0) is 15.8 Å². The Morgan fingerprint density at radius 3 is 2.33 bits per heavy atom. The average molecular weight is 543 g/mol. The highest BCUT2D eigenvalue weighted by Gasteiger charge is 2.39. The largest absolute Gasteiger partial charge is 0.417 e. The number of nitrogens with zero attached hydrogens (tertiary/aromatic N) is 4. The van der Waals surface area contributed by atoms with Crippen LogP contribution in [0.2, 0.25) is 0 Å². The molecular formula is C28H26F4N4O3. The van der Waals surface area contributed by atoms with E-state index < -0.39 is 34.9 Å². The van der Waals surface area contributed by atoms with Crippen molar-refractivity contribution < 1.29 is 31.9 Å². The van der Waals surface area contributed by atoms with Crippen molar-refractivity contribution in [3.8, 4) is 6.07 Å². The van der Waals surface area contributed by atoms with Crippen LogP contribution < -0.4 is 4.90 Å². The van der Waals surface area contributed by atoms with Gasteiger partial charge in [-0.1, -0.05) is 12.1 Å². The summed E-state index contributed by atoms with van der Waals surface area (Å²) in [5.74, 6) is -2.22. The number of anilines is 1. The fourth-order valence-corrected chi connectivity index (χ4v) is 4.83. The predicted octanol–water partition coefficient (Wildman–Crippen LogP) is 4.53. The standard InChI is InChI=1S/C28H26F4N4O3/c1-18-21(27(39)36(25(18)37)20-10-9-19(17-33)23(16-20)28(30,31)32)6-4-5-11-34-12-14-35(15-13-34)26(38)22-7-2-3-8-24(22)29/h2-3,7-10,16H,4-6,11-15H2,1H3. The Hall–Kier alpha value is -4.04. The zero-order chi connectivity index (χ0) is 28.3. The van der Waals surface area contributed by atoms with E-state index in [1.807, 2.05) is 0 Å². The molecule has 0 aromatic heterocycles. The number of unbranched alkanes of at least 4 members (excludes halogenated alkanes) is 1. The molecule has 1 fully saturated rings. The first-order chi connectivity index (χ1) is 18.5. The summed E-state index contributed by atoms with van der Waals surface area (Å²) in [4.78, 5) is 42.9. The minimum atomic E-state index is -4.81. The maximum Gasteiger partial charge on any atom is 0.417 e. The first-order valence-corrected chi connectivity index (χ1v) is 12.5. The zero-order valence-electron chi connectivity index (χ0n) is 21.2. The van der Waals surface area contributed by atoms with Crippen molar-refractivity contribution in [1.82, 2.24) is 9.80 Å². The molecular weight excluding hydrogens is 516 g/mol. The smallest absolute Gasteiger partial charge is 0.336 e. The van der Waals surface area contributed by atoms with Crippen LogP contribution in [0.25, 0.3) is 0 Å². The van der Waals surface area contributed by atoms with Gasteiger partial charge >= 0.3 is 6.18 Å². The van der Waals surface area contributed by atoms with E-state index in [1.165, 1.54) is 31.2 Å². The Morgan fingerprint density at radius 1 is 1.00 bits per heavy atom. The van der Waals surface area contributed by atoms with Crippen molar-refractivity contribution in [3.63, 3.8) is 0 Å². The second-order valence-corrected chi connectivity index (χ2v) is 9.46. The van der Waals surface area contributed by atoms with Crippen LogP contribution in [0.5, 0.6) is 0 Å². The lowest BCUT2D eigenvalue weighted by Crippen LogP contribution is -2.49. The van der Waals surface area contributed by atoms with E-state index in [2.05, 4.69) is 4.90 Å². The molecule has 0 bridgehead atoms. The van der Waals surface area contributed by atoms with Crippen molar-refractivity contribution in [1.29, 1.82) is 5.26 Å². The molecule has 0 saturated carbocycles. The first-order valence-electron chi connectivity index (χ1n) is 12.5. The second-order valence-electron chi connectivity index (χ2n) is 9.46.